The molecule has 0 bridgehead atoms. The second-order valence-corrected chi connectivity index (χ2v) is 4.77. The maximum Gasteiger partial charge on any atom is 0.0446 e. The van der Waals surface area contributed by atoms with E-state index in [2.05, 4.69) is 55.9 Å². The maximum atomic E-state index is 3.55. The third-order valence-corrected chi connectivity index (χ3v) is 3.21. The summed E-state index contributed by atoms with van der Waals surface area (Å²) < 4.78 is 2.39. The average molecular weight is 222 g/mol. The minimum absolute atomic E-state index is 0.457. The number of aromatic nitrogens is 1. The van der Waals surface area contributed by atoms with Crippen LogP contribution in [0.15, 0.2) is 18.3 Å². The molecule has 1 heterocycles. The van der Waals surface area contributed by atoms with Gasteiger partial charge in [-0.15, -0.1) is 0 Å². The summed E-state index contributed by atoms with van der Waals surface area (Å²) in [6, 6.07) is 4.84. The molecule has 1 aromatic heterocycles. The molecule has 0 amide bonds. The van der Waals surface area contributed by atoms with E-state index in [-0.39, 0.29) is 0 Å². The van der Waals surface area contributed by atoms with Gasteiger partial charge in [0.15, 0.2) is 0 Å². The number of nitrogens with zero attached hydrogens (tertiary/aromatic N) is 1. The van der Waals surface area contributed by atoms with Gasteiger partial charge in [0.2, 0.25) is 0 Å². The van der Waals surface area contributed by atoms with E-state index >= 15 is 0 Å². The van der Waals surface area contributed by atoms with Crippen molar-refractivity contribution in [3.63, 3.8) is 0 Å². The van der Waals surface area contributed by atoms with Crippen LogP contribution < -0.4 is 5.32 Å². The van der Waals surface area contributed by atoms with Crippen LogP contribution in [0.5, 0.6) is 0 Å². The summed E-state index contributed by atoms with van der Waals surface area (Å²) in [7, 11) is 0. The monoisotopic (exact) mass is 222 g/mol. The Balaban J connectivity index is 2.62. The van der Waals surface area contributed by atoms with Crippen LogP contribution in [0.4, 0.5) is 0 Å². The first-order valence-electron chi connectivity index (χ1n) is 6.57. The summed E-state index contributed by atoms with van der Waals surface area (Å²) in [6.07, 6.45) is 4.64. The maximum absolute atomic E-state index is 3.55. The van der Waals surface area contributed by atoms with Crippen molar-refractivity contribution in [2.75, 3.05) is 6.54 Å². The number of rotatable bonds is 7. The standard InChI is InChI=1S/C14H26N2/c1-5-9-15-13(4)14-8-7-10-16(14)11-12(3)6-2/h7-8,10,12-13,15H,5-6,9,11H2,1-4H3. The van der Waals surface area contributed by atoms with Gasteiger partial charge in [0, 0.05) is 24.5 Å². The Kier molecular flexibility index (Phi) is 5.61. The van der Waals surface area contributed by atoms with E-state index < -0.39 is 0 Å². The molecule has 2 atom stereocenters. The second kappa shape index (κ2) is 6.74. The predicted octanol–water partition coefficient (Wildman–Crippen LogP) is 3.59. The molecule has 0 radical (unpaired) electrons. The SMILES string of the molecule is CCCNC(C)c1cccn1CC(C)CC. The molecule has 1 N–H and O–H groups in total. The van der Waals surface area contributed by atoms with E-state index in [9.17, 15) is 0 Å². The Hall–Kier alpha value is -0.760. The number of hydrogen-bond acceptors (Lipinski definition) is 1. The molecule has 0 aliphatic carbocycles. The zero-order valence-electron chi connectivity index (χ0n) is 11.2. The fourth-order valence-corrected chi connectivity index (χ4v) is 1.92. The fraction of sp³-hybridized carbons (Fsp3) is 0.714. The van der Waals surface area contributed by atoms with E-state index in [1.807, 2.05) is 0 Å². The third kappa shape index (κ3) is 3.67. The molecule has 0 spiro atoms. The number of hydrogen-bond donors (Lipinski definition) is 1. The largest absolute Gasteiger partial charge is 0.350 e. The van der Waals surface area contributed by atoms with Gasteiger partial charge >= 0.3 is 0 Å². The first-order valence-corrected chi connectivity index (χ1v) is 6.57. The van der Waals surface area contributed by atoms with Crippen LogP contribution in [-0.2, 0) is 6.54 Å². The van der Waals surface area contributed by atoms with E-state index in [1.165, 1.54) is 18.5 Å². The van der Waals surface area contributed by atoms with Gasteiger partial charge in [-0.3, -0.25) is 0 Å². The lowest BCUT2D eigenvalue weighted by atomic mass is 10.1. The van der Waals surface area contributed by atoms with Gasteiger partial charge in [0.05, 0.1) is 0 Å². The smallest absolute Gasteiger partial charge is 0.0446 e. The van der Waals surface area contributed by atoms with Gasteiger partial charge in [-0.05, 0) is 37.9 Å². The van der Waals surface area contributed by atoms with Crippen LogP contribution >= 0.6 is 0 Å². The van der Waals surface area contributed by atoms with Crippen LogP contribution in [-0.4, -0.2) is 11.1 Å². The molecule has 1 aromatic rings. The Morgan fingerprint density at radius 3 is 2.69 bits per heavy atom. The molecule has 0 saturated heterocycles. The van der Waals surface area contributed by atoms with Crippen molar-refractivity contribution in [2.24, 2.45) is 5.92 Å². The van der Waals surface area contributed by atoms with Crippen molar-refractivity contribution >= 4 is 0 Å². The molecular formula is C14H26N2. The normalized spacial score (nSPS) is 15.0. The average Bonchev–Trinajstić information content (AvgIpc) is 2.73. The molecule has 92 valence electrons. The van der Waals surface area contributed by atoms with E-state index in [0.29, 0.717) is 6.04 Å². The molecular weight excluding hydrogens is 196 g/mol. The first-order chi connectivity index (χ1) is 7.69. The van der Waals surface area contributed by atoms with Crippen LogP contribution in [0.25, 0.3) is 0 Å². The van der Waals surface area contributed by atoms with Crippen LogP contribution in [0, 0.1) is 5.92 Å². The highest BCUT2D eigenvalue weighted by Gasteiger charge is 2.10. The summed E-state index contributed by atoms with van der Waals surface area (Å²) >= 11 is 0. The van der Waals surface area contributed by atoms with Crippen molar-refractivity contribution in [1.29, 1.82) is 0 Å². The van der Waals surface area contributed by atoms with Gasteiger partial charge in [-0.1, -0.05) is 27.2 Å². The van der Waals surface area contributed by atoms with Crippen LogP contribution in [0.1, 0.15) is 52.3 Å². The highest BCUT2D eigenvalue weighted by Crippen LogP contribution is 2.16. The Labute approximate surface area is 100 Å². The zero-order chi connectivity index (χ0) is 12.0. The highest BCUT2D eigenvalue weighted by atomic mass is 15.0. The fourth-order valence-electron chi connectivity index (χ4n) is 1.92. The van der Waals surface area contributed by atoms with Gasteiger partial charge < -0.3 is 9.88 Å². The summed E-state index contributed by atoms with van der Waals surface area (Å²) in [6.45, 7) is 11.3. The van der Waals surface area contributed by atoms with Gasteiger partial charge in [-0.25, -0.2) is 0 Å². The lowest BCUT2D eigenvalue weighted by molar-refractivity contribution is 0.440. The number of nitrogens with one attached hydrogen (secondary N) is 1. The highest BCUT2D eigenvalue weighted by molar-refractivity contribution is 5.11. The lowest BCUT2D eigenvalue weighted by Crippen LogP contribution is -2.22. The summed E-state index contributed by atoms with van der Waals surface area (Å²) in [5.41, 5.74) is 1.41. The van der Waals surface area contributed by atoms with Gasteiger partial charge in [-0.2, -0.15) is 0 Å². The van der Waals surface area contributed by atoms with Crippen molar-refractivity contribution in [3.05, 3.63) is 24.0 Å². The molecule has 0 fully saturated rings. The van der Waals surface area contributed by atoms with E-state index in [0.717, 1.165) is 19.0 Å². The lowest BCUT2D eigenvalue weighted by Gasteiger charge is -2.19. The summed E-state index contributed by atoms with van der Waals surface area (Å²) in [5, 5.41) is 3.55. The third-order valence-electron chi connectivity index (χ3n) is 3.21. The predicted molar refractivity (Wildman–Crippen MR) is 70.6 cm³/mol. The Morgan fingerprint density at radius 1 is 1.31 bits per heavy atom. The first kappa shape index (κ1) is 13.3. The van der Waals surface area contributed by atoms with Crippen LogP contribution in [0.3, 0.4) is 0 Å². The molecule has 1 rings (SSSR count). The molecule has 0 aliphatic heterocycles. The molecule has 0 aromatic carbocycles. The summed E-state index contributed by atoms with van der Waals surface area (Å²) in [4.78, 5) is 0. The second-order valence-electron chi connectivity index (χ2n) is 4.77. The zero-order valence-corrected chi connectivity index (χ0v) is 11.2. The molecule has 2 nitrogen and oxygen atoms in total. The molecule has 0 aliphatic rings. The van der Waals surface area contributed by atoms with Gasteiger partial charge in [0.1, 0.15) is 0 Å². The van der Waals surface area contributed by atoms with Crippen molar-refractivity contribution in [3.8, 4) is 0 Å². The summed E-state index contributed by atoms with van der Waals surface area (Å²) in [5.74, 6) is 0.754. The van der Waals surface area contributed by atoms with Crippen molar-refractivity contribution in [1.82, 2.24) is 9.88 Å². The Bertz CT molecular complexity index is 291. The van der Waals surface area contributed by atoms with Crippen LogP contribution in [0.2, 0.25) is 0 Å². The quantitative estimate of drug-likeness (QED) is 0.746. The molecule has 0 saturated carbocycles. The topological polar surface area (TPSA) is 17.0 Å². The van der Waals surface area contributed by atoms with E-state index in [4.69, 9.17) is 0 Å². The van der Waals surface area contributed by atoms with Crippen molar-refractivity contribution < 1.29 is 0 Å². The van der Waals surface area contributed by atoms with Crippen molar-refractivity contribution in [2.45, 2.75) is 53.1 Å². The van der Waals surface area contributed by atoms with E-state index in [1.54, 1.807) is 0 Å². The minimum Gasteiger partial charge on any atom is -0.350 e. The van der Waals surface area contributed by atoms with Gasteiger partial charge in [0.25, 0.3) is 0 Å². The molecule has 2 heteroatoms. The molecule has 2 unspecified atom stereocenters. The molecule has 16 heavy (non-hydrogen) atoms. The Morgan fingerprint density at radius 2 is 2.06 bits per heavy atom. The minimum atomic E-state index is 0.457.